The van der Waals surface area contributed by atoms with Crippen molar-refractivity contribution < 1.29 is 5.11 Å². The van der Waals surface area contributed by atoms with E-state index in [4.69, 9.17) is 11.1 Å². The molecule has 0 spiro atoms. The van der Waals surface area contributed by atoms with Gasteiger partial charge in [-0.25, -0.2) is 9.97 Å². The third-order valence-corrected chi connectivity index (χ3v) is 3.19. The molecule has 1 aromatic heterocycles. The lowest BCUT2D eigenvalue weighted by Gasteiger charge is -2.18. The molecule has 1 unspecified atom stereocenters. The summed E-state index contributed by atoms with van der Waals surface area (Å²) in [6.45, 7) is 0. The van der Waals surface area contributed by atoms with E-state index in [9.17, 15) is 5.11 Å². The van der Waals surface area contributed by atoms with Crippen molar-refractivity contribution in [2.24, 2.45) is 11.7 Å². The van der Waals surface area contributed by atoms with Crippen molar-refractivity contribution in [3.05, 3.63) is 47.9 Å². The molecule has 0 saturated heterocycles. The minimum atomic E-state index is -0.0853. The second kappa shape index (κ2) is 6.01. The monoisotopic (exact) mass is 271 g/mol. The Morgan fingerprint density at radius 1 is 1.50 bits per heavy atom. The Hall–Kier alpha value is -2.63. The van der Waals surface area contributed by atoms with Crippen molar-refractivity contribution in [3.63, 3.8) is 0 Å². The number of nitrogens with one attached hydrogen (secondary N) is 2. The third kappa shape index (κ3) is 2.69. The predicted molar refractivity (Wildman–Crippen MR) is 79.4 cm³/mol. The number of allylic oxidation sites excluding steroid dienone is 5. The summed E-state index contributed by atoms with van der Waals surface area (Å²) in [5.74, 6) is 0.595. The van der Waals surface area contributed by atoms with E-state index >= 15 is 0 Å². The Morgan fingerprint density at radius 2 is 2.20 bits per heavy atom. The molecular formula is C14H17N5O. The van der Waals surface area contributed by atoms with Crippen LogP contribution in [0.5, 0.6) is 0 Å². The Kier molecular flexibility index (Phi) is 4.14. The number of aliphatic hydroxyl groups excluding tert-OH is 1. The number of anilines is 1. The van der Waals surface area contributed by atoms with Gasteiger partial charge in [-0.2, -0.15) is 0 Å². The lowest BCUT2D eigenvalue weighted by Crippen LogP contribution is -2.11. The minimum absolute atomic E-state index is 0.0853. The fourth-order valence-corrected chi connectivity index (χ4v) is 2.00. The zero-order valence-corrected chi connectivity index (χ0v) is 11.2. The van der Waals surface area contributed by atoms with Gasteiger partial charge in [-0.1, -0.05) is 12.2 Å². The van der Waals surface area contributed by atoms with Crippen LogP contribution < -0.4 is 11.1 Å². The quantitative estimate of drug-likeness (QED) is 0.625. The second-order valence-electron chi connectivity index (χ2n) is 4.39. The molecular weight excluding hydrogens is 254 g/mol. The van der Waals surface area contributed by atoms with Crippen molar-refractivity contribution >= 4 is 17.5 Å². The van der Waals surface area contributed by atoms with E-state index in [2.05, 4.69) is 15.3 Å². The maximum Gasteiger partial charge on any atom is 0.162 e. The maximum atomic E-state index is 10.1. The summed E-state index contributed by atoms with van der Waals surface area (Å²) >= 11 is 0. The molecule has 0 fully saturated rings. The largest absolute Gasteiger partial charge is 0.512 e. The Balaban J connectivity index is 2.24. The van der Waals surface area contributed by atoms with Crippen molar-refractivity contribution in [1.29, 1.82) is 5.41 Å². The highest BCUT2D eigenvalue weighted by molar-refractivity contribution is 5.79. The first-order valence-corrected chi connectivity index (χ1v) is 6.22. The molecule has 20 heavy (non-hydrogen) atoms. The van der Waals surface area contributed by atoms with Gasteiger partial charge in [0.15, 0.2) is 5.82 Å². The fraction of sp³-hybridized carbons (Fsp3) is 0.214. The Bertz CT molecular complexity index is 586. The zero-order chi connectivity index (χ0) is 14.5. The van der Waals surface area contributed by atoms with E-state index in [-0.39, 0.29) is 11.7 Å². The zero-order valence-electron chi connectivity index (χ0n) is 11.2. The first kappa shape index (κ1) is 13.8. The van der Waals surface area contributed by atoms with Gasteiger partial charge < -0.3 is 21.6 Å². The molecule has 0 amide bonds. The summed E-state index contributed by atoms with van der Waals surface area (Å²) in [6, 6.07) is 0. The predicted octanol–water partition coefficient (Wildman–Crippen LogP) is 1.86. The summed E-state index contributed by atoms with van der Waals surface area (Å²) in [5.41, 5.74) is 7.54. The van der Waals surface area contributed by atoms with Gasteiger partial charge in [0.1, 0.15) is 5.76 Å². The maximum absolute atomic E-state index is 10.1. The normalized spacial score (nSPS) is 19.1. The van der Waals surface area contributed by atoms with Crippen LogP contribution in [0.1, 0.15) is 12.2 Å². The molecule has 1 aromatic rings. The summed E-state index contributed by atoms with van der Waals surface area (Å²) in [7, 11) is 1.79. The van der Waals surface area contributed by atoms with E-state index in [1.165, 1.54) is 12.4 Å². The van der Waals surface area contributed by atoms with Gasteiger partial charge in [-0.15, -0.1) is 0 Å². The topological polar surface area (TPSA) is 108 Å². The summed E-state index contributed by atoms with van der Waals surface area (Å²) in [4.78, 5) is 8.41. The minimum Gasteiger partial charge on any atom is -0.512 e. The van der Waals surface area contributed by atoms with Crippen molar-refractivity contribution in [2.75, 3.05) is 12.4 Å². The van der Waals surface area contributed by atoms with E-state index < -0.39 is 0 Å². The molecule has 1 aliphatic carbocycles. The fourth-order valence-electron chi connectivity index (χ4n) is 2.00. The number of aromatic nitrogens is 2. The number of nitrogens with two attached hydrogens (primary N) is 1. The lowest BCUT2D eigenvalue weighted by molar-refractivity contribution is 0.377. The van der Waals surface area contributed by atoms with Crippen LogP contribution in [-0.4, -0.2) is 28.3 Å². The van der Waals surface area contributed by atoms with Crippen LogP contribution in [0, 0.1) is 11.3 Å². The average molecular weight is 271 g/mol. The SMILES string of the molecule is CNc1cnc(C2=C(O)CC(/C(C=N)=C/N)C=C2)nc1. The molecule has 1 atom stereocenters. The van der Waals surface area contributed by atoms with Crippen molar-refractivity contribution in [2.45, 2.75) is 6.42 Å². The summed E-state index contributed by atoms with van der Waals surface area (Å²) in [6.07, 6.45) is 9.96. The molecule has 6 nitrogen and oxygen atoms in total. The van der Waals surface area contributed by atoms with Crippen LogP contribution in [0.25, 0.3) is 5.57 Å². The van der Waals surface area contributed by atoms with Gasteiger partial charge in [0.05, 0.1) is 23.7 Å². The molecule has 1 aliphatic rings. The van der Waals surface area contributed by atoms with E-state index in [1.807, 2.05) is 6.08 Å². The van der Waals surface area contributed by atoms with E-state index in [1.54, 1.807) is 25.5 Å². The molecule has 104 valence electrons. The molecule has 0 radical (unpaired) electrons. The van der Waals surface area contributed by atoms with E-state index in [0.717, 1.165) is 5.69 Å². The highest BCUT2D eigenvalue weighted by Crippen LogP contribution is 2.30. The van der Waals surface area contributed by atoms with Crippen LogP contribution in [0.15, 0.2) is 42.1 Å². The van der Waals surface area contributed by atoms with Crippen LogP contribution >= 0.6 is 0 Å². The molecule has 6 heteroatoms. The second-order valence-corrected chi connectivity index (χ2v) is 4.39. The smallest absolute Gasteiger partial charge is 0.162 e. The molecule has 2 rings (SSSR count). The lowest BCUT2D eigenvalue weighted by atomic mass is 9.89. The average Bonchev–Trinajstić information content (AvgIpc) is 2.49. The first-order valence-electron chi connectivity index (χ1n) is 6.22. The summed E-state index contributed by atoms with van der Waals surface area (Å²) < 4.78 is 0. The van der Waals surface area contributed by atoms with Crippen molar-refractivity contribution in [1.82, 2.24) is 9.97 Å². The highest BCUT2D eigenvalue weighted by atomic mass is 16.3. The summed E-state index contributed by atoms with van der Waals surface area (Å²) in [5, 5.41) is 20.4. The van der Waals surface area contributed by atoms with Crippen LogP contribution in [0.3, 0.4) is 0 Å². The molecule has 5 N–H and O–H groups in total. The van der Waals surface area contributed by atoms with Gasteiger partial charge in [-0.3, -0.25) is 0 Å². The van der Waals surface area contributed by atoms with Gasteiger partial charge in [0, 0.05) is 25.6 Å². The van der Waals surface area contributed by atoms with E-state index in [0.29, 0.717) is 23.4 Å². The Morgan fingerprint density at radius 3 is 2.70 bits per heavy atom. The highest BCUT2D eigenvalue weighted by Gasteiger charge is 2.20. The van der Waals surface area contributed by atoms with Gasteiger partial charge >= 0.3 is 0 Å². The number of nitrogens with zero attached hydrogens (tertiary/aromatic N) is 2. The van der Waals surface area contributed by atoms with Crippen LogP contribution in [0.2, 0.25) is 0 Å². The Labute approximate surface area is 117 Å². The van der Waals surface area contributed by atoms with Crippen LogP contribution in [-0.2, 0) is 0 Å². The number of aliphatic hydroxyl groups is 1. The molecule has 1 heterocycles. The number of rotatable bonds is 4. The molecule has 0 aromatic carbocycles. The number of hydrogen-bond acceptors (Lipinski definition) is 6. The molecule has 0 saturated carbocycles. The van der Waals surface area contributed by atoms with Gasteiger partial charge in [0.25, 0.3) is 0 Å². The van der Waals surface area contributed by atoms with Crippen LogP contribution in [0.4, 0.5) is 5.69 Å². The number of hydrogen-bond donors (Lipinski definition) is 4. The van der Waals surface area contributed by atoms with Crippen molar-refractivity contribution in [3.8, 4) is 0 Å². The van der Waals surface area contributed by atoms with Gasteiger partial charge in [-0.05, 0) is 11.8 Å². The molecule has 0 aliphatic heterocycles. The first-order chi connectivity index (χ1) is 9.69. The van der Waals surface area contributed by atoms with Gasteiger partial charge in [0.2, 0.25) is 0 Å². The standard InChI is InChI=1S/C14H17N5O/c1-17-11-7-18-14(19-8-11)12-3-2-9(4-13(12)20)10(5-15)6-16/h2-3,5-9,15,17,20H,4,16H2,1H3/b10-6+,15-5?. The third-order valence-electron chi connectivity index (χ3n) is 3.19. The molecule has 0 bridgehead atoms.